The molecular formula is C20H19F3N2O3S. The fraction of sp³-hybridized carbons (Fsp3) is 0.300. The van der Waals surface area contributed by atoms with Gasteiger partial charge in [0.15, 0.2) is 0 Å². The van der Waals surface area contributed by atoms with Crippen molar-refractivity contribution in [3.63, 3.8) is 0 Å². The van der Waals surface area contributed by atoms with Crippen molar-refractivity contribution in [1.82, 2.24) is 4.90 Å². The molecule has 154 valence electrons. The Hall–Kier alpha value is -2.68. The molecule has 0 saturated carbocycles. The Kier molecular flexibility index (Phi) is 6.07. The number of nitrogens with zero attached hydrogens (tertiary/aromatic N) is 1. The van der Waals surface area contributed by atoms with E-state index in [4.69, 9.17) is 4.74 Å². The van der Waals surface area contributed by atoms with Gasteiger partial charge in [-0.25, -0.2) is 0 Å². The van der Waals surface area contributed by atoms with Gasteiger partial charge in [-0.05, 0) is 24.3 Å². The molecule has 1 heterocycles. The number of ether oxygens (including phenoxy) is 1. The Morgan fingerprint density at radius 1 is 1.24 bits per heavy atom. The summed E-state index contributed by atoms with van der Waals surface area (Å²) >= 11 is 1.09. The highest BCUT2D eigenvalue weighted by molar-refractivity contribution is 8.01. The Morgan fingerprint density at radius 3 is 2.66 bits per heavy atom. The number of nitrogens with one attached hydrogen (secondary N) is 1. The first-order chi connectivity index (χ1) is 13.7. The van der Waals surface area contributed by atoms with E-state index in [0.29, 0.717) is 17.2 Å². The van der Waals surface area contributed by atoms with E-state index in [-0.39, 0.29) is 18.0 Å². The third-order valence-corrected chi connectivity index (χ3v) is 5.79. The molecule has 2 amide bonds. The predicted octanol–water partition coefficient (Wildman–Crippen LogP) is 4.18. The quantitative estimate of drug-likeness (QED) is 0.783. The van der Waals surface area contributed by atoms with Crippen molar-refractivity contribution >= 4 is 29.3 Å². The highest BCUT2D eigenvalue weighted by atomic mass is 32.2. The van der Waals surface area contributed by atoms with Crippen LogP contribution in [0.1, 0.15) is 17.5 Å². The number of amides is 2. The smallest absolute Gasteiger partial charge is 0.416 e. The Balaban J connectivity index is 1.67. The lowest BCUT2D eigenvalue weighted by Crippen LogP contribution is -2.35. The summed E-state index contributed by atoms with van der Waals surface area (Å²) in [6, 6.07) is 10.5. The molecule has 1 N–H and O–H groups in total. The van der Waals surface area contributed by atoms with E-state index in [2.05, 4.69) is 5.32 Å². The number of para-hydroxylation sites is 1. The number of carbonyl (C=O) groups excluding carboxylic acids is 2. The van der Waals surface area contributed by atoms with Gasteiger partial charge in [0.1, 0.15) is 5.75 Å². The van der Waals surface area contributed by atoms with Crippen LogP contribution in [-0.4, -0.2) is 36.1 Å². The summed E-state index contributed by atoms with van der Waals surface area (Å²) in [5.41, 5.74) is 0.112. The number of anilines is 1. The first-order valence-electron chi connectivity index (χ1n) is 8.73. The molecule has 3 rings (SSSR count). The van der Waals surface area contributed by atoms with Crippen LogP contribution < -0.4 is 10.1 Å². The van der Waals surface area contributed by atoms with Crippen molar-refractivity contribution in [2.24, 2.45) is 0 Å². The Labute approximate surface area is 170 Å². The SMILES string of the molecule is COc1ccccc1CN(C)C(=O)C[C@@H]1Sc2ccc(C(F)(F)F)cc2NC1=O. The molecule has 0 aromatic heterocycles. The zero-order valence-electron chi connectivity index (χ0n) is 15.7. The molecule has 0 bridgehead atoms. The number of benzene rings is 2. The van der Waals surface area contributed by atoms with Gasteiger partial charge < -0.3 is 15.0 Å². The normalized spacial score (nSPS) is 16.0. The molecule has 0 unspecified atom stereocenters. The largest absolute Gasteiger partial charge is 0.496 e. The zero-order chi connectivity index (χ0) is 21.2. The fourth-order valence-electron chi connectivity index (χ4n) is 2.95. The Bertz CT molecular complexity index is 933. The minimum Gasteiger partial charge on any atom is -0.496 e. The number of hydrogen-bond acceptors (Lipinski definition) is 4. The van der Waals surface area contributed by atoms with Crippen LogP contribution in [0, 0.1) is 0 Å². The molecule has 1 atom stereocenters. The predicted molar refractivity (Wildman–Crippen MR) is 104 cm³/mol. The number of rotatable bonds is 5. The molecule has 0 spiro atoms. The summed E-state index contributed by atoms with van der Waals surface area (Å²) < 4.78 is 43.8. The summed E-state index contributed by atoms with van der Waals surface area (Å²) in [4.78, 5) is 26.9. The maximum atomic E-state index is 12.8. The van der Waals surface area contributed by atoms with E-state index in [1.165, 1.54) is 11.0 Å². The third kappa shape index (κ3) is 4.84. The lowest BCUT2D eigenvalue weighted by molar-refractivity contribution is -0.137. The summed E-state index contributed by atoms with van der Waals surface area (Å²) in [7, 11) is 3.18. The molecule has 2 aromatic carbocycles. The van der Waals surface area contributed by atoms with Gasteiger partial charge in [0, 0.05) is 30.5 Å². The standard InChI is InChI=1S/C20H19F3N2O3S/c1-25(11-12-5-3-4-6-15(12)28-2)18(26)10-17-19(27)24-14-9-13(20(21,22)23)7-8-16(14)29-17/h3-9,17H,10-11H2,1-2H3,(H,24,27)/t17-/m0/s1. The highest BCUT2D eigenvalue weighted by Gasteiger charge is 2.34. The summed E-state index contributed by atoms with van der Waals surface area (Å²) in [6.45, 7) is 0.313. The second-order valence-electron chi connectivity index (χ2n) is 6.57. The molecule has 0 aliphatic carbocycles. The van der Waals surface area contributed by atoms with Gasteiger partial charge in [0.05, 0.1) is 23.6 Å². The zero-order valence-corrected chi connectivity index (χ0v) is 16.6. The van der Waals surface area contributed by atoms with E-state index < -0.39 is 22.9 Å². The lowest BCUT2D eigenvalue weighted by atomic mass is 10.1. The van der Waals surface area contributed by atoms with Gasteiger partial charge >= 0.3 is 6.18 Å². The first-order valence-corrected chi connectivity index (χ1v) is 9.61. The van der Waals surface area contributed by atoms with Crippen molar-refractivity contribution < 1.29 is 27.5 Å². The molecule has 5 nitrogen and oxygen atoms in total. The van der Waals surface area contributed by atoms with Gasteiger partial charge in [-0.1, -0.05) is 18.2 Å². The average molecular weight is 424 g/mol. The second kappa shape index (κ2) is 8.36. The molecule has 0 radical (unpaired) electrons. The van der Waals surface area contributed by atoms with Gasteiger partial charge in [-0.15, -0.1) is 11.8 Å². The topological polar surface area (TPSA) is 58.6 Å². The highest BCUT2D eigenvalue weighted by Crippen LogP contribution is 2.40. The van der Waals surface area contributed by atoms with Gasteiger partial charge in [0.25, 0.3) is 0 Å². The van der Waals surface area contributed by atoms with Crippen LogP contribution in [0.4, 0.5) is 18.9 Å². The van der Waals surface area contributed by atoms with E-state index in [1.807, 2.05) is 18.2 Å². The maximum Gasteiger partial charge on any atom is 0.416 e. The number of thioether (sulfide) groups is 1. The first kappa shape index (κ1) is 21.0. The van der Waals surface area contributed by atoms with Crippen LogP contribution >= 0.6 is 11.8 Å². The maximum absolute atomic E-state index is 12.8. The molecule has 29 heavy (non-hydrogen) atoms. The van der Waals surface area contributed by atoms with Crippen molar-refractivity contribution in [3.05, 3.63) is 53.6 Å². The summed E-state index contributed by atoms with van der Waals surface area (Å²) in [5, 5.41) is 1.77. The Morgan fingerprint density at radius 2 is 1.97 bits per heavy atom. The van der Waals surface area contributed by atoms with Crippen LogP contribution in [0.25, 0.3) is 0 Å². The van der Waals surface area contributed by atoms with Crippen LogP contribution in [0.5, 0.6) is 5.75 Å². The molecule has 2 aromatic rings. The number of halogens is 3. The average Bonchev–Trinajstić information content (AvgIpc) is 2.67. The summed E-state index contributed by atoms with van der Waals surface area (Å²) in [6.07, 6.45) is -4.55. The molecule has 0 fully saturated rings. The van der Waals surface area contributed by atoms with Crippen LogP contribution in [-0.2, 0) is 22.3 Å². The number of fused-ring (bicyclic) bond motifs is 1. The monoisotopic (exact) mass is 424 g/mol. The van der Waals surface area contributed by atoms with Crippen LogP contribution in [0.15, 0.2) is 47.4 Å². The molecule has 0 saturated heterocycles. The van der Waals surface area contributed by atoms with Gasteiger partial charge in [0.2, 0.25) is 11.8 Å². The fourth-order valence-corrected chi connectivity index (χ4v) is 4.03. The van der Waals surface area contributed by atoms with Gasteiger partial charge in [-0.3, -0.25) is 9.59 Å². The van der Waals surface area contributed by atoms with Crippen molar-refractivity contribution in [3.8, 4) is 5.75 Å². The van der Waals surface area contributed by atoms with E-state index >= 15 is 0 Å². The van der Waals surface area contributed by atoms with Crippen molar-refractivity contribution in [1.29, 1.82) is 0 Å². The minimum atomic E-state index is -4.49. The van der Waals surface area contributed by atoms with Crippen LogP contribution in [0.2, 0.25) is 0 Å². The van der Waals surface area contributed by atoms with E-state index in [9.17, 15) is 22.8 Å². The van der Waals surface area contributed by atoms with Crippen molar-refractivity contribution in [2.75, 3.05) is 19.5 Å². The minimum absolute atomic E-state index is 0.0669. The van der Waals surface area contributed by atoms with E-state index in [0.717, 1.165) is 29.5 Å². The number of hydrogen-bond donors (Lipinski definition) is 1. The summed E-state index contributed by atoms with van der Waals surface area (Å²) in [5.74, 6) is -0.0777. The lowest BCUT2D eigenvalue weighted by Gasteiger charge is -2.26. The number of carbonyl (C=O) groups is 2. The second-order valence-corrected chi connectivity index (χ2v) is 7.81. The van der Waals surface area contributed by atoms with Crippen molar-refractivity contribution in [2.45, 2.75) is 29.3 Å². The van der Waals surface area contributed by atoms with E-state index in [1.54, 1.807) is 20.2 Å². The molecule has 9 heteroatoms. The molecular weight excluding hydrogens is 405 g/mol. The molecule has 1 aliphatic rings. The van der Waals surface area contributed by atoms with Gasteiger partial charge in [-0.2, -0.15) is 13.2 Å². The number of alkyl halides is 3. The third-order valence-electron chi connectivity index (χ3n) is 4.51. The van der Waals surface area contributed by atoms with Crippen LogP contribution in [0.3, 0.4) is 0 Å². The number of methoxy groups -OCH3 is 1. The molecule has 1 aliphatic heterocycles.